The summed E-state index contributed by atoms with van der Waals surface area (Å²) >= 11 is 0. The Labute approximate surface area is 138 Å². The number of fused-ring (bicyclic) bond motifs is 1. The van der Waals surface area contributed by atoms with E-state index in [1.54, 1.807) is 24.3 Å². The van der Waals surface area contributed by atoms with Gasteiger partial charge in [-0.05, 0) is 32.0 Å². The van der Waals surface area contributed by atoms with Crippen LogP contribution in [0.15, 0.2) is 35.1 Å². The molecule has 0 fully saturated rings. The van der Waals surface area contributed by atoms with E-state index in [1.165, 1.54) is 0 Å². The van der Waals surface area contributed by atoms with Crippen molar-refractivity contribution in [2.24, 2.45) is 0 Å². The summed E-state index contributed by atoms with van der Waals surface area (Å²) < 4.78 is 0. The Morgan fingerprint density at radius 1 is 1.12 bits per heavy atom. The lowest BCUT2D eigenvalue weighted by Crippen LogP contribution is -2.30. The van der Waals surface area contributed by atoms with Gasteiger partial charge in [-0.15, -0.1) is 0 Å². The van der Waals surface area contributed by atoms with Crippen LogP contribution in [0.25, 0.3) is 10.9 Å². The summed E-state index contributed by atoms with van der Waals surface area (Å²) in [7, 11) is 0. The highest BCUT2D eigenvalue weighted by Gasteiger charge is 2.11. The average Bonchev–Trinajstić information content (AvgIpc) is 2.54. The van der Waals surface area contributed by atoms with Gasteiger partial charge in [0.1, 0.15) is 5.82 Å². The van der Waals surface area contributed by atoms with Crippen LogP contribution in [-0.2, 0) is 6.42 Å². The minimum absolute atomic E-state index is 0.0000381. The highest BCUT2D eigenvalue weighted by atomic mass is 16.2. The fourth-order valence-corrected chi connectivity index (χ4v) is 2.48. The van der Waals surface area contributed by atoms with E-state index < -0.39 is 5.91 Å². The Balaban J connectivity index is 1.70. The standard InChI is InChI=1S/C17H17N5O2/c1-10-9-11(2)20-14(19-10)7-8-18-17(24)15-21-13-6-4-3-5-12(13)16(23)22-15/h3-6,9H,7-8H2,1-2H3,(H,18,24)(H,21,22,23). The molecule has 0 spiro atoms. The van der Waals surface area contributed by atoms with Crippen molar-refractivity contribution in [1.82, 2.24) is 25.3 Å². The molecule has 0 radical (unpaired) electrons. The third kappa shape index (κ3) is 3.45. The number of aromatic nitrogens is 4. The summed E-state index contributed by atoms with van der Waals surface area (Å²) in [6, 6.07) is 8.79. The number of H-pyrrole nitrogens is 1. The first-order valence-corrected chi connectivity index (χ1v) is 7.61. The second-order valence-corrected chi connectivity index (χ2v) is 5.50. The monoisotopic (exact) mass is 323 g/mol. The van der Waals surface area contributed by atoms with Gasteiger partial charge >= 0.3 is 0 Å². The first-order valence-electron chi connectivity index (χ1n) is 7.61. The van der Waals surface area contributed by atoms with Gasteiger partial charge in [0.2, 0.25) is 0 Å². The van der Waals surface area contributed by atoms with Crippen LogP contribution in [0, 0.1) is 13.8 Å². The van der Waals surface area contributed by atoms with E-state index in [4.69, 9.17) is 0 Å². The summed E-state index contributed by atoms with van der Waals surface area (Å²) in [6.45, 7) is 4.17. The van der Waals surface area contributed by atoms with Crippen molar-refractivity contribution in [3.8, 4) is 0 Å². The second-order valence-electron chi connectivity index (χ2n) is 5.50. The van der Waals surface area contributed by atoms with Crippen molar-refractivity contribution in [1.29, 1.82) is 0 Å². The molecule has 0 aliphatic carbocycles. The number of rotatable bonds is 4. The molecule has 2 N–H and O–H groups in total. The van der Waals surface area contributed by atoms with E-state index in [0.717, 1.165) is 11.4 Å². The van der Waals surface area contributed by atoms with Crippen LogP contribution in [0.5, 0.6) is 0 Å². The highest BCUT2D eigenvalue weighted by Crippen LogP contribution is 2.05. The molecule has 122 valence electrons. The maximum atomic E-state index is 12.2. The largest absolute Gasteiger partial charge is 0.349 e. The Bertz CT molecular complexity index is 944. The third-order valence-electron chi connectivity index (χ3n) is 3.49. The SMILES string of the molecule is Cc1cc(C)nc(CCNC(=O)c2nc3ccccc3c(=O)[nH]2)n1. The Morgan fingerprint density at radius 3 is 2.58 bits per heavy atom. The molecule has 3 rings (SSSR count). The van der Waals surface area contributed by atoms with E-state index in [0.29, 0.717) is 29.7 Å². The molecular weight excluding hydrogens is 306 g/mol. The number of hydrogen-bond acceptors (Lipinski definition) is 5. The molecule has 3 aromatic rings. The number of carbonyl (C=O) groups is 1. The Hall–Kier alpha value is -3.09. The quantitative estimate of drug-likeness (QED) is 0.754. The van der Waals surface area contributed by atoms with Gasteiger partial charge in [0.05, 0.1) is 10.9 Å². The summed E-state index contributed by atoms with van der Waals surface area (Å²) in [5, 5.41) is 3.18. The maximum Gasteiger partial charge on any atom is 0.287 e. The van der Waals surface area contributed by atoms with Gasteiger partial charge in [-0.1, -0.05) is 12.1 Å². The van der Waals surface area contributed by atoms with E-state index in [2.05, 4.69) is 25.3 Å². The molecule has 7 heteroatoms. The first kappa shape index (κ1) is 15.8. The average molecular weight is 323 g/mol. The smallest absolute Gasteiger partial charge is 0.287 e. The lowest BCUT2D eigenvalue weighted by Gasteiger charge is -2.06. The first-order chi connectivity index (χ1) is 11.5. The number of carbonyl (C=O) groups excluding carboxylic acids is 1. The molecule has 0 unspecified atom stereocenters. The van der Waals surface area contributed by atoms with Crippen LogP contribution < -0.4 is 10.9 Å². The summed E-state index contributed by atoms with van der Waals surface area (Å²) in [4.78, 5) is 39.5. The fourth-order valence-electron chi connectivity index (χ4n) is 2.48. The summed E-state index contributed by atoms with van der Waals surface area (Å²) in [5.74, 6) is 0.245. The van der Waals surface area contributed by atoms with Crippen LogP contribution in [-0.4, -0.2) is 32.4 Å². The Kier molecular flexibility index (Phi) is 4.33. The van der Waals surface area contributed by atoms with E-state index in [9.17, 15) is 9.59 Å². The van der Waals surface area contributed by atoms with Crippen LogP contribution >= 0.6 is 0 Å². The zero-order valence-corrected chi connectivity index (χ0v) is 13.5. The third-order valence-corrected chi connectivity index (χ3v) is 3.49. The van der Waals surface area contributed by atoms with Crippen molar-refractivity contribution in [2.75, 3.05) is 6.54 Å². The van der Waals surface area contributed by atoms with Gasteiger partial charge in [-0.3, -0.25) is 9.59 Å². The van der Waals surface area contributed by atoms with Gasteiger partial charge in [0, 0.05) is 24.4 Å². The second kappa shape index (κ2) is 6.57. The predicted octanol–water partition coefficient (Wildman–Crippen LogP) is 1.30. The Morgan fingerprint density at radius 2 is 1.83 bits per heavy atom. The normalized spacial score (nSPS) is 10.8. The van der Waals surface area contributed by atoms with Crippen molar-refractivity contribution in [3.05, 3.63) is 63.7 Å². The summed E-state index contributed by atoms with van der Waals surface area (Å²) in [5.41, 5.74) is 1.95. The number of nitrogens with zero attached hydrogens (tertiary/aromatic N) is 3. The van der Waals surface area contributed by atoms with Gasteiger partial charge in [-0.2, -0.15) is 0 Å². The minimum Gasteiger partial charge on any atom is -0.349 e. The molecule has 7 nitrogen and oxygen atoms in total. The molecule has 2 heterocycles. The van der Waals surface area contributed by atoms with Crippen LogP contribution in [0.2, 0.25) is 0 Å². The zero-order valence-electron chi connectivity index (χ0n) is 13.5. The highest BCUT2D eigenvalue weighted by molar-refractivity contribution is 5.92. The lowest BCUT2D eigenvalue weighted by atomic mass is 10.2. The van der Waals surface area contributed by atoms with Crippen LogP contribution in [0.4, 0.5) is 0 Å². The van der Waals surface area contributed by atoms with E-state index in [-0.39, 0.29) is 11.4 Å². The molecule has 0 saturated heterocycles. The summed E-state index contributed by atoms with van der Waals surface area (Å²) in [6.07, 6.45) is 0.506. The van der Waals surface area contributed by atoms with Crippen LogP contribution in [0.3, 0.4) is 0 Å². The molecular formula is C17H17N5O2. The number of amides is 1. The maximum absolute atomic E-state index is 12.2. The predicted molar refractivity (Wildman–Crippen MR) is 89.9 cm³/mol. The number of benzene rings is 1. The zero-order chi connectivity index (χ0) is 17.1. The number of aromatic amines is 1. The van der Waals surface area contributed by atoms with Crippen molar-refractivity contribution >= 4 is 16.8 Å². The number of nitrogens with one attached hydrogen (secondary N) is 2. The van der Waals surface area contributed by atoms with Crippen molar-refractivity contribution in [2.45, 2.75) is 20.3 Å². The fraction of sp³-hybridized carbons (Fsp3) is 0.235. The van der Waals surface area contributed by atoms with Gasteiger partial charge in [0.25, 0.3) is 11.5 Å². The molecule has 0 bridgehead atoms. The van der Waals surface area contributed by atoms with E-state index >= 15 is 0 Å². The number of hydrogen-bond donors (Lipinski definition) is 2. The van der Waals surface area contributed by atoms with Crippen LogP contribution in [0.1, 0.15) is 27.8 Å². The topological polar surface area (TPSA) is 101 Å². The molecule has 0 saturated carbocycles. The van der Waals surface area contributed by atoms with Gasteiger partial charge < -0.3 is 10.3 Å². The van der Waals surface area contributed by atoms with Gasteiger partial charge in [-0.25, -0.2) is 15.0 Å². The van der Waals surface area contributed by atoms with Gasteiger partial charge in [0.15, 0.2) is 5.82 Å². The van der Waals surface area contributed by atoms with E-state index in [1.807, 2.05) is 19.9 Å². The molecule has 0 aliphatic rings. The van der Waals surface area contributed by atoms with Crippen molar-refractivity contribution in [3.63, 3.8) is 0 Å². The molecule has 0 aliphatic heterocycles. The number of aryl methyl sites for hydroxylation is 2. The van der Waals surface area contributed by atoms with Crippen molar-refractivity contribution < 1.29 is 4.79 Å². The molecule has 1 aromatic carbocycles. The molecule has 24 heavy (non-hydrogen) atoms. The lowest BCUT2D eigenvalue weighted by molar-refractivity contribution is 0.0943. The molecule has 1 amide bonds. The molecule has 2 aromatic heterocycles. The minimum atomic E-state index is -0.428. The molecule has 0 atom stereocenters. The number of para-hydroxylation sites is 1.